The summed E-state index contributed by atoms with van der Waals surface area (Å²) >= 11 is 0. The molecule has 0 bridgehead atoms. The first kappa shape index (κ1) is 15.8. The monoisotopic (exact) mass is 314 g/mol. The molecule has 0 unspecified atom stereocenters. The molecule has 1 N–H and O–H groups in total. The molecule has 2 aromatic rings. The predicted octanol–water partition coefficient (Wildman–Crippen LogP) is 4.12. The molecule has 0 spiro atoms. The van der Waals surface area contributed by atoms with Gasteiger partial charge in [0.2, 0.25) is 0 Å². The van der Waals surface area contributed by atoms with Crippen LogP contribution in [0.15, 0.2) is 42.5 Å². The van der Waals surface area contributed by atoms with E-state index < -0.39 is 29.1 Å². The molecule has 0 heterocycles. The van der Waals surface area contributed by atoms with Gasteiger partial charge in [-0.1, -0.05) is 6.07 Å². The van der Waals surface area contributed by atoms with Gasteiger partial charge in [0.1, 0.15) is 18.2 Å². The van der Waals surface area contributed by atoms with Gasteiger partial charge in [-0.3, -0.25) is 0 Å². The zero-order valence-corrected chi connectivity index (χ0v) is 11.0. The van der Waals surface area contributed by atoms with Crippen molar-refractivity contribution in [2.75, 3.05) is 0 Å². The van der Waals surface area contributed by atoms with Crippen LogP contribution in [0, 0.1) is 5.82 Å². The average Bonchev–Trinajstić information content (AvgIpc) is 2.45. The molecule has 22 heavy (non-hydrogen) atoms. The first-order valence-corrected chi connectivity index (χ1v) is 6.09. The third-order valence-corrected chi connectivity index (χ3v) is 2.84. The van der Waals surface area contributed by atoms with E-state index in [2.05, 4.69) is 0 Å². The molecule has 0 amide bonds. The van der Waals surface area contributed by atoms with E-state index in [-0.39, 0.29) is 17.9 Å². The number of benzene rings is 2. The number of ether oxygens (including phenoxy) is 1. The van der Waals surface area contributed by atoms with E-state index in [9.17, 15) is 22.4 Å². The summed E-state index contributed by atoms with van der Waals surface area (Å²) in [5.41, 5.74) is -1.90. The maximum atomic E-state index is 12.9. The summed E-state index contributed by atoms with van der Waals surface area (Å²) < 4.78 is 56.5. The second kappa shape index (κ2) is 6.05. The SMILES string of the molecule is O=C(O)c1ccc(COc2ccc(F)cc2)cc1C(F)(F)F. The molecule has 116 valence electrons. The quantitative estimate of drug-likeness (QED) is 0.864. The molecule has 0 aliphatic rings. The Morgan fingerprint density at radius 3 is 2.27 bits per heavy atom. The first-order chi connectivity index (χ1) is 10.3. The number of halogens is 4. The van der Waals surface area contributed by atoms with Gasteiger partial charge in [-0.25, -0.2) is 9.18 Å². The lowest BCUT2D eigenvalue weighted by Gasteiger charge is -2.13. The minimum absolute atomic E-state index is 0.154. The van der Waals surface area contributed by atoms with Gasteiger partial charge < -0.3 is 9.84 Å². The van der Waals surface area contributed by atoms with Crippen LogP contribution in [0.2, 0.25) is 0 Å². The van der Waals surface area contributed by atoms with Crippen molar-refractivity contribution in [2.24, 2.45) is 0 Å². The molecule has 3 nitrogen and oxygen atoms in total. The van der Waals surface area contributed by atoms with Gasteiger partial charge in [0.25, 0.3) is 0 Å². The van der Waals surface area contributed by atoms with Crippen LogP contribution < -0.4 is 4.74 Å². The van der Waals surface area contributed by atoms with E-state index in [0.717, 1.165) is 24.3 Å². The van der Waals surface area contributed by atoms with Crippen LogP contribution in [0.3, 0.4) is 0 Å². The molecule has 2 aromatic carbocycles. The van der Waals surface area contributed by atoms with Gasteiger partial charge in [-0.15, -0.1) is 0 Å². The van der Waals surface area contributed by atoms with E-state index >= 15 is 0 Å². The third-order valence-electron chi connectivity index (χ3n) is 2.84. The highest BCUT2D eigenvalue weighted by atomic mass is 19.4. The fourth-order valence-electron chi connectivity index (χ4n) is 1.80. The van der Waals surface area contributed by atoms with Gasteiger partial charge in [0.15, 0.2) is 0 Å². The molecule has 0 saturated heterocycles. The second-order valence-corrected chi connectivity index (χ2v) is 4.43. The van der Waals surface area contributed by atoms with Crippen LogP contribution in [-0.2, 0) is 12.8 Å². The second-order valence-electron chi connectivity index (χ2n) is 4.43. The fraction of sp³-hybridized carbons (Fsp3) is 0.133. The zero-order chi connectivity index (χ0) is 16.3. The minimum atomic E-state index is -4.78. The van der Waals surface area contributed by atoms with E-state index in [4.69, 9.17) is 9.84 Å². The number of hydrogen-bond donors (Lipinski definition) is 1. The highest BCUT2D eigenvalue weighted by Crippen LogP contribution is 2.33. The molecule has 2 rings (SSSR count). The molecule has 0 saturated carbocycles. The maximum Gasteiger partial charge on any atom is 0.417 e. The molecular formula is C15H10F4O3. The van der Waals surface area contributed by atoms with Gasteiger partial charge in [-0.2, -0.15) is 13.2 Å². The molecular weight excluding hydrogens is 304 g/mol. The van der Waals surface area contributed by atoms with Gasteiger partial charge in [0, 0.05) is 0 Å². The van der Waals surface area contributed by atoms with E-state index in [1.807, 2.05) is 0 Å². The van der Waals surface area contributed by atoms with Gasteiger partial charge in [-0.05, 0) is 42.0 Å². The summed E-state index contributed by atoms with van der Waals surface area (Å²) in [6, 6.07) is 7.84. The van der Waals surface area contributed by atoms with Gasteiger partial charge >= 0.3 is 12.1 Å². The van der Waals surface area contributed by atoms with Crippen molar-refractivity contribution in [3.05, 3.63) is 65.0 Å². The first-order valence-electron chi connectivity index (χ1n) is 6.09. The Kier molecular flexibility index (Phi) is 4.35. The molecule has 7 heteroatoms. The molecule has 0 atom stereocenters. The van der Waals surface area contributed by atoms with Crippen molar-refractivity contribution in [2.45, 2.75) is 12.8 Å². The van der Waals surface area contributed by atoms with Crippen LogP contribution in [0.5, 0.6) is 5.75 Å². The molecule has 0 radical (unpaired) electrons. The lowest BCUT2D eigenvalue weighted by atomic mass is 10.0. The fourth-order valence-corrected chi connectivity index (χ4v) is 1.80. The minimum Gasteiger partial charge on any atom is -0.489 e. The lowest BCUT2D eigenvalue weighted by molar-refractivity contribution is -0.138. The average molecular weight is 314 g/mol. The number of carbonyl (C=O) groups is 1. The molecule has 0 aliphatic carbocycles. The lowest BCUT2D eigenvalue weighted by Crippen LogP contribution is -2.13. The number of carboxylic acid groups (broad SMARTS) is 1. The standard InChI is InChI=1S/C15H10F4O3/c16-10-2-4-11(5-3-10)22-8-9-1-6-12(14(20)21)13(7-9)15(17,18)19/h1-7H,8H2,(H,20,21). The molecule has 0 aliphatic heterocycles. The highest BCUT2D eigenvalue weighted by Gasteiger charge is 2.35. The van der Waals surface area contributed by atoms with Crippen LogP contribution in [-0.4, -0.2) is 11.1 Å². The summed E-state index contributed by atoms with van der Waals surface area (Å²) in [7, 11) is 0. The summed E-state index contributed by atoms with van der Waals surface area (Å²) in [6.07, 6.45) is -4.78. The summed E-state index contributed by atoms with van der Waals surface area (Å²) in [4.78, 5) is 10.8. The zero-order valence-electron chi connectivity index (χ0n) is 11.0. The van der Waals surface area contributed by atoms with Crippen LogP contribution in [0.25, 0.3) is 0 Å². The van der Waals surface area contributed by atoms with E-state index in [1.165, 1.54) is 18.2 Å². The van der Waals surface area contributed by atoms with Crippen molar-refractivity contribution in [1.82, 2.24) is 0 Å². The Balaban J connectivity index is 2.21. The van der Waals surface area contributed by atoms with Crippen LogP contribution in [0.4, 0.5) is 17.6 Å². The topological polar surface area (TPSA) is 46.5 Å². The van der Waals surface area contributed by atoms with Crippen molar-refractivity contribution >= 4 is 5.97 Å². The molecule has 0 fully saturated rings. The Labute approximate surface area is 122 Å². The number of rotatable bonds is 4. The smallest absolute Gasteiger partial charge is 0.417 e. The number of carboxylic acids is 1. The summed E-state index contributed by atoms with van der Waals surface area (Å²) in [5.74, 6) is -1.83. The number of alkyl halides is 3. The van der Waals surface area contributed by atoms with Crippen LogP contribution in [0.1, 0.15) is 21.5 Å². The van der Waals surface area contributed by atoms with E-state index in [1.54, 1.807) is 0 Å². The maximum absolute atomic E-state index is 12.9. The van der Waals surface area contributed by atoms with Crippen molar-refractivity contribution in [3.8, 4) is 5.75 Å². The number of hydrogen-bond acceptors (Lipinski definition) is 2. The van der Waals surface area contributed by atoms with Crippen molar-refractivity contribution < 1.29 is 32.2 Å². The number of aromatic carboxylic acids is 1. The largest absolute Gasteiger partial charge is 0.489 e. The van der Waals surface area contributed by atoms with Crippen molar-refractivity contribution in [3.63, 3.8) is 0 Å². The predicted molar refractivity (Wildman–Crippen MR) is 69.1 cm³/mol. The summed E-state index contributed by atoms with van der Waals surface area (Å²) in [6.45, 7) is -0.200. The Morgan fingerprint density at radius 1 is 1.09 bits per heavy atom. The van der Waals surface area contributed by atoms with Crippen LogP contribution >= 0.6 is 0 Å². The Bertz CT molecular complexity index is 678. The van der Waals surface area contributed by atoms with Crippen molar-refractivity contribution in [1.29, 1.82) is 0 Å². The molecule has 0 aromatic heterocycles. The normalized spacial score (nSPS) is 11.3. The Morgan fingerprint density at radius 2 is 1.73 bits per heavy atom. The highest BCUT2D eigenvalue weighted by molar-refractivity contribution is 5.89. The third kappa shape index (κ3) is 3.75. The van der Waals surface area contributed by atoms with E-state index in [0.29, 0.717) is 0 Å². The van der Waals surface area contributed by atoms with Gasteiger partial charge in [0.05, 0.1) is 11.1 Å². The summed E-state index contributed by atoms with van der Waals surface area (Å²) in [5, 5.41) is 8.79. The Hall–Kier alpha value is -2.57.